The lowest BCUT2D eigenvalue weighted by Crippen LogP contribution is -2.30. The number of hydrogen-bond acceptors (Lipinski definition) is 4. The van der Waals surface area contributed by atoms with Crippen LogP contribution in [0.1, 0.15) is 23.6 Å². The summed E-state index contributed by atoms with van der Waals surface area (Å²) < 4.78 is 5.77. The van der Waals surface area contributed by atoms with E-state index in [1.807, 2.05) is 19.1 Å². The smallest absolute Gasteiger partial charge is 0.276 e. The minimum Gasteiger partial charge on any atom is -0.486 e. The molecule has 0 aromatic heterocycles. The molecule has 1 amide bonds. The van der Waals surface area contributed by atoms with Gasteiger partial charge in [-0.2, -0.15) is 5.26 Å². The third kappa shape index (κ3) is 4.23. The van der Waals surface area contributed by atoms with Crippen LogP contribution in [0.2, 0.25) is 10.0 Å². The lowest BCUT2D eigenvalue weighted by molar-refractivity contribution is -0.122. The molecule has 0 atom stereocenters. The monoisotopic (exact) mass is 445 g/mol. The molecule has 148 valence electrons. The first-order chi connectivity index (χ1) is 13.9. The molecule has 1 aliphatic rings. The van der Waals surface area contributed by atoms with Crippen LogP contribution in [0.15, 0.2) is 42.1 Å². The number of carbonyl (C=O) groups excluding carboxylic acids is 1. The van der Waals surface area contributed by atoms with Crippen molar-refractivity contribution in [1.82, 2.24) is 9.80 Å². The zero-order valence-corrected chi connectivity index (χ0v) is 18.1. The molecule has 29 heavy (non-hydrogen) atoms. The maximum absolute atomic E-state index is 12.5. The molecule has 1 aliphatic heterocycles. The highest BCUT2D eigenvalue weighted by molar-refractivity contribution is 7.80. The van der Waals surface area contributed by atoms with Crippen molar-refractivity contribution in [3.63, 3.8) is 0 Å². The average molecular weight is 446 g/mol. The molecule has 0 spiro atoms. The lowest BCUT2D eigenvalue weighted by Gasteiger charge is -2.14. The van der Waals surface area contributed by atoms with Crippen molar-refractivity contribution in [2.45, 2.75) is 13.5 Å². The third-order valence-electron chi connectivity index (χ3n) is 4.49. The van der Waals surface area contributed by atoms with Crippen LogP contribution in [-0.4, -0.2) is 34.4 Å². The Morgan fingerprint density at radius 2 is 1.90 bits per heavy atom. The van der Waals surface area contributed by atoms with Crippen LogP contribution in [0.5, 0.6) is 5.75 Å². The van der Waals surface area contributed by atoms with Crippen LogP contribution in [0.3, 0.4) is 0 Å². The molecule has 2 aromatic rings. The zero-order chi connectivity index (χ0) is 21.1. The number of amides is 1. The molecule has 3 rings (SSSR count). The standard InChI is InChI=1S/C21H17Cl2N3O2S/c1-3-26-20(27)18(25(2)21(26)29)10-13-8-16(22)19(17(23)9-13)28-12-15-7-5-4-6-14(15)11-24/h4-10H,3,12H2,1-2H3/b18-10-. The number of carbonyl (C=O) groups is 1. The van der Waals surface area contributed by atoms with E-state index in [4.69, 9.17) is 40.2 Å². The fourth-order valence-electron chi connectivity index (χ4n) is 2.95. The van der Waals surface area contributed by atoms with Crippen LogP contribution >= 0.6 is 35.4 Å². The van der Waals surface area contributed by atoms with Crippen LogP contribution in [-0.2, 0) is 11.4 Å². The summed E-state index contributed by atoms with van der Waals surface area (Å²) in [7, 11) is 1.75. The van der Waals surface area contributed by atoms with Gasteiger partial charge in [-0.1, -0.05) is 41.4 Å². The van der Waals surface area contributed by atoms with Crippen LogP contribution < -0.4 is 4.74 Å². The third-order valence-corrected chi connectivity index (χ3v) is 5.55. The SMILES string of the molecule is CCN1C(=O)/C(=C/c2cc(Cl)c(OCc3ccccc3C#N)c(Cl)c2)N(C)C1=S. The fourth-order valence-corrected chi connectivity index (χ4v) is 3.88. The van der Waals surface area contributed by atoms with Crippen LogP contribution in [0, 0.1) is 11.3 Å². The van der Waals surface area contributed by atoms with Gasteiger partial charge in [-0.3, -0.25) is 9.69 Å². The summed E-state index contributed by atoms with van der Waals surface area (Å²) in [4.78, 5) is 15.7. The first kappa shape index (κ1) is 21.1. The van der Waals surface area contributed by atoms with E-state index in [0.717, 1.165) is 5.56 Å². The van der Waals surface area contributed by atoms with Crippen molar-refractivity contribution in [1.29, 1.82) is 5.26 Å². The molecule has 1 saturated heterocycles. The summed E-state index contributed by atoms with van der Waals surface area (Å²) in [5.74, 6) is 0.153. The maximum Gasteiger partial charge on any atom is 0.276 e. The summed E-state index contributed by atoms with van der Waals surface area (Å²) in [6.45, 7) is 2.52. The number of nitrogens with zero attached hydrogens (tertiary/aromatic N) is 3. The maximum atomic E-state index is 12.5. The summed E-state index contributed by atoms with van der Waals surface area (Å²) in [5, 5.41) is 10.3. The number of benzene rings is 2. The van der Waals surface area contributed by atoms with Gasteiger partial charge in [0.25, 0.3) is 5.91 Å². The summed E-state index contributed by atoms with van der Waals surface area (Å²) in [5.41, 5.74) is 2.36. The minimum absolute atomic E-state index is 0.157. The Bertz CT molecular complexity index is 1040. The summed E-state index contributed by atoms with van der Waals surface area (Å²) >= 11 is 18.1. The molecule has 0 unspecified atom stereocenters. The molecular formula is C21H17Cl2N3O2S. The van der Waals surface area contributed by atoms with Gasteiger partial charge in [0, 0.05) is 19.2 Å². The van der Waals surface area contributed by atoms with Crippen molar-refractivity contribution < 1.29 is 9.53 Å². The summed E-state index contributed by atoms with van der Waals surface area (Å²) in [6, 6.07) is 12.6. The average Bonchev–Trinajstić information content (AvgIpc) is 2.90. The van der Waals surface area contributed by atoms with Crippen molar-refractivity contribution >= 4 is 52.5 Å². The molecule has 0 radical (unpaired) electrons. The lowest BCUT2D eigenvalue weighted by atomic mass is 10.1. The Morgan fingerprint density at radius 3 is 2.48 bits per heavy atom. The highest BCUT2D eigenvalue weighted by Crippen LogP contribution is 2.36. The first-order valence-electron chi connectivity index (χ1n) is 8.78. The van der Waals surface area contributed by atoms with E-state index in [9.17, 15) is 10.1 Å². The Hall–Kier alpha value is -2.59. The van der Waals surface area contributed by atoms with Gasteiger partial charge in [0.05, 0.1) is 21.7 Å². The molecule has 1 fully saturated rings. The van der Waals surface area contributed by atoms with Gasteiger partial charge in [-0.25, -0.2) is 0 Å². The largest absolute Gasteiger partial charge is 0.486 e. The number of hydrogen-bond donors (Lipinski definition) is 0. The predicted octanol–water partition coefficient (Wildman–Crippen LogP) is 4.86. The van der Waals surface area contributed by atoms with Gasteiger partial charge in [0.1, 0.15) is 12.3 Å². The Kier molecular flexibility index (Phi) is 6.43. The zero-order valence-electron chi connectivity index (χ0n) is 15.8. The fraction of sp³-hybridized carbons (Fsp3) is 0.190. The van der Waals surface area contributed by atoms with Crippen molar-refractivity contribution in [3.8, 4) is 11.8 Å². The number of ether oxygens (including phenoxy) is 1. The molecule has 0 N–H and O–H groups in total. The van der Waals surface area contributed by atoms with E-state index in [2.05, 4.69) is 6.07 Å². The first-order valence-corrected chi connectivity index (χ1v) is 9.94. The number of rotatable bonds is 5. The van der Waals surface area contributed by atoms with E-state index in [-0.39, 0.29) is 12.5 Å². The van der Waals surface area contributed by atoms with E-state index >= 15 is 0 Å². The molecule has 2 aromatic carbocycles. The van der Waals surface area contributed by atoms with E-state index in [1.165, 1.54) is 4.90 Å². The predicted molar refractivity (Wildman–Crippen MR) is 118 cm³/mol. The second-order valence-corrected chi connectivity index (χ2v) is 7.47. The van der Waals surface area contributed by atoms with Crippen LogP contribution in [0.25, 0.3) is 6.08 Å². The molecule has 0 bridgehead atoms. The Balaban J connectivity index is 1.86. The summed E-state index contributed by atoms with van der Waals surface area (Å²) in [6.07, 6.45) is 1.69. The number of thiocarbonyl (C=S) groups is 1. The van der Waals surface area contributed by atoms with Crippen molar-refractivity contribution in [2.24, 2.45) is 0 Å². The molecule has 8 heteroatoms. The molecular weight excluding hydrogens is 429 g/mol. The Labute approximate surface area is 184 Å². The van der Waals surface area contributed by atoms with Gasteiger partial charge in [0.2, 0.25) is 0 Å². The molecule has 0 aliphatic carbocycles. The molecule has 5 nitrogen and oxygen atoms in total. The van der Waals surface area contributed by atoms with Crippen molar-refractivity contribution in [3.05, 3.63) is 68.8 Å². The van der Waals surface area contributed by atoms with E-state index in [0.29, 0.717) is 44.3 Å². The van der Waals surface area contributed by atoms with Gasteiger partial charge >= 0.3 is 0 Å². The van der Waals surface area contributed by atoms with Gasteiger partial charge in [0.15, 0.2) is 10.9 Å². The van der Waals surface area contributed by atoms with Gasteiger partial charge in [-0.05, 0) is 49.0 Å². The van der Waals surface area contributed by atoms with Gasteiger partial charge in [-0.15, -0.1) is 0 Å². The topological polar surface area (TPSA) is 56.6 Å². The highest BCUT2D eigenvalue weighted by Gasteiger charge is 2.34. The van der Waals surface area contributed by atoms with Crippen LogP contribution in [0.4, 0.5) is 0 Å². The number of likely N-dealkylation sites (N-methyl/N-ethyl adjacent to an activating group) is 2. The minimum atomic E-state index is -0.166. The second kappa shape index (κ2) is 8.83. The van der Waals surface area contributed by atoms with Gasteiger partial charge < -0.3 is 9.64 Å². The highest BCUT2D eigenvalue weighted by atomic mass is 35.5. The molecule has 1 heterocycles. The molecule has 0 saturated carbocycles. The Morgan fingerprint density at radius 1 is 1.24 bits per heavy atom. The second-order valence-electron chi connectivity index (χ2n) is 6.29. The number of halogens is 2. The van der Waals surface area contributed by atoms with E-state index < -0.39 is 0 Å². The number of nitriles is 1. The van der Waals surface area contributed by atoms with E-state index in [1.54, 1.807) is 42.3 Å². The quantitative estimate of drug-likeness (QED) is 0.485. The normalized spacial score (nSPS) is 15.2. The van der Waals surface area contributed by atoms with Crippen molar-refractivity contribution in [2.75, 3.05) is 13.6 Å².